The third kappa shape index (κ3) is 2.15. The second-order valence-electron chi connectivity index (χ2n) is 6.72. The van der Waals surface area contributed by atoms with Crippen molar-refractivity contribution in [3.63, 3.8) is 0 Å². The first-order valence-corrected chi connectivity index (χ1v) is 8.64. The Hall–Kier alpha value is -1.71. The zero-order valence-electron chi connectivity index (χ0n) is 13.9. The van der Waals surface area contributed by atoms with E-state index in [4.69, 9.17) is 9.47 Å². The Morgan fingerprint density at radius 1 is 1.12 bits per heavy atom. The molecular formula is C20H22ClNO2. The summed E-state index contributed by atoms with van der Waals surface area (Å²) in [5, 5.41) is 0. The number of nitrogens with zero attached hydrogens (tertiary/aromatic N) is 1. The van der Waals surface area contributed by atoms with E-state index in [0.29, 0.717) is 12.8 Å². The van der Waals surface area contributed by atoms with Gasteiger partial charge < -0.3 is 9.47 Å². The average molecular weight is 344 g/mol. The zero-order valence-corrected chi connectivity index (χ0v) is 14.7. The van der Waals surface area contributed by atoms with Gasteiger partial charge in [-0.25, -0.2) is 0 Å². The average Bonchev–Trinajstić information content (AvgIpc) is 3.06. The maximum Gasteiger partial charge on any atom is 0.231 e. The molecule has 3 aliphatic rings. The molecule has 5 rings (SSSR count). The molecule has 0 aromatic heterocycles. The first kappa shape index (κ1) is 15.8. The van der Waals surface area contributed by atoms with Gasteiger partial charge in [-0.05, 0) is 54.1 Å². The molecule has 0 amide bonds. The van der Waals surface area contributed by atoms with E-state index in [1.54, 1.807) is 0 Å². The molecule has 24 heavy (non-hydrogen) atoms. The number of fused-ring (bicyclic) bond motifs is 4. The largest absolute Gasteiger partial charge is 0.454 e. The quantitative estimate of drug-likeness (QED) is 0.808. The van der Waals surface area contributed by atoms with Crippen LogP contribution in [0.25, 0.3) is 11.1 Å². The zero-order chi connectivity index (χ0) is 15.4. The summed E-state index contributed by atoms with van der Waals surface area (Å²) >= 11 is 0. The van der Waals surface area contributed by atoms with E-state index in [2.05, 4.69) is 42.2 Å². The van der Waals surface area contributed by atoms with Gasteiger partial charge in [0.05, 0.1) is 0 Å². The lowest BCUT2D eigenvalue weighted by molar-refractivity contribution is 0.173. The fraction of sp³-hybridized carbons (Fsp3) is 0.400. The van der Waals surface area contributed by atoms with E-state index < -0.39 is 0 Å². The van der Waals surface area contributed by atoms with Crippen LogP contribution in [-0.4, -0.2) is 24.8 Å². The van der Waals surface area contributed by atoms with Gasteiger partial charge in [-0.1, -0.05) is 31.2 Å². The minimum absolute atomic E-state index is 0. The van der Waals surface area contributed by atoms with Crippen molar-refractivity contribution in [3.05, 3.63) is 47.0 Å². The summed E-state index contributed by atoms with van der Waals surface area (Å²) in [6, 6.07) is 11.6. The van der Waals surface area contributed by atoms with Gasteiger partial charge in [-0.2, -0.15) is 0 Å². The van der Waals surface area contributed by atoms with Crippen LogP contribution in [0.2, 0.25) is 0 Å². The van der Waals surface area contributed by atoms with Gasteiger partial charge in [0.1, 0.15) is 0 Å². The highest BCUT2D eigenvalue weighted by atomic mass is 35.5. The lowest BCUT2D eigenvalue weighted by atomic mass is 9.76. The van der Waals surface area contributed by atoms with Crippen LogP contribution in [0.4, 0.5) is 0 Å². The number of ether oxygens (including phenoxy) is 2. The Morgan fingerprint density at radius 3 is 2.92 bits per heavy atom. The molecule has 126 valence electrons. The topological polar surface area (TPSA) is 21.7 Å². The van der Waals surface area contributed by atoms with Crippen molar-refractivity contribution in [2.24, 2.45) is 0 Å². The van der Waals surface area contributed by atoms with Crippen molar-refractivity contribution in [2.75, 3.05) is 19.9 Å². The first-order valence-electron chi connectivity index (χ1n) is 8.64. The van der Waals surface area contributed by atoms with Crippen LogP contribution in [0.3, 0.4) is 0 Å². The lowest BCUT2D eigenvalue weighted by Crippen LogP contribution is -2.38. The van der Waals surface area contributed by atoms with E-state index >= 15 is 0 Å². The van der Waals surface area contributed by atoms with E-state index in [0.717, 1.165) is 24.3 Å². The minimum Gasteiger partial charge on any atom is -0.454 e. The summed E-state index contributed by atoms with van der Waals surface area (Å²) in [6.45, 7) is 4.97. The standard InChI is InChI=1S/C20H21NO2.ClH/c1-2-9-21-10-8-13-4-3-5-15-18(13)16(21)11-14-6-7-17-20(19(14)15)23-12-22-17;/h3-7,16H,2,8-12H2,1H3;1H. The highest BCUT2D eigenvalue weighted by molar-refractivity contribution is 5.85. The predicted octanol–water partition coefficient (Wildman–Crippen LogP) is 4.37. The van der Waals surface area contributed by atoms with Crippen molar-refractivity contribution in [2.45, 2.75) is 32.2 Å². The number of hydrogen-bond acceptors (Lipinski definition) is 3. The van der Waals surface area contributed by atoms with Gasteiger partial charge in [0, 0.05) is 18.2 Å². The maximum absolute atomic E-state index is 5.82. The van der Waals surface area contributed by atoms with Crippen molar-refractivity contribution in [1.29, 1.82) is 0 Å². The van der Waals surface area contributed by atoms with Gasteiger partial charge in [-0.15, -0.1) is 12.4 Å². The molecule has 0 saturated carbocycles. The fourth-order valence-electron chi connectivity index (χ4n) is 4.52. The van der Waals surface area contributed by atoms with Crippen molar-refractivity contribution < 1.29 is 9.47 Å². The van der Waals surface area contributed by atoms with Crippen LogP contribution in [0, 0.1) is 0 Å². The highest BCUT2D eigenvalue weighted by Gasteiger charge is 2.36. The van der Waals surface area contributed by atoms with Crippen LogP contribution in [0.1, 0.15) is 36.1 Å². The molecule has 0 spiro atoms. The molecule has 0 fully saturated rings. The van der Waals surface area contributed by atoms with Gasteiger partial charge in [0.25, 0.3) is 0 Å². The Labute approximate surface area is 149 Å². The second-order valence-corrected chi connectivity index (χ2v) is 6.72. The molecule has 0 bridgehead atoms. The van der Waals surface area contributed by atoms with E-state index in [1.807, 2.05) is 0 Å². The summed E-state index contributed by atoms with van der Waals surface area (Å²) < 4.78 is 11.4. The monoisotopic (exact) mass is 343 g/mol. The van der Waals surface area contributed by atoms with E-state index in [9.17, 15) is 0 Å². The van der Waals surface area contributed by atoms with Crippen LogP contribution < -0.4 is 9.47 Å². The predicted molar refractivity (Wildman–Crippen MR) is 97.3 cm³/mol. The second kappa shape index (κ2) is 5.98. The summed E-state index contributed by atoms with van der Waals surface area (Å²) in [5.41, 5.74) is 7.07. The van der Waals surface area contributed by atoms with Crippen LogP contribution in [-0.2, 0) is 12.8 Å². The molecule has 0 saturated heterocycles. The van der Waals surface area contributed by atoms with Crippen LogP contribution >= 0.6 is 12.4 Å². The van der Waals surface area contributed by atoms with Gasteiger partial charge >= 0.3 is 0 Å². The number of halogens is 1. The molecule has 2 aliphatic heterocycles. The van der Waals surface area contributed by atoms with Crippen molar-refractivity contribution in [1.82, 2.24) is 4.90 Å². The normalized spacial score (nSPS) is 20.1. The van der Waals surface area contributed by atoms with Crippen LogP contribution in [0.5, 0.6) is 11.5 Å². The molecule has 0 radical (unpaired) electrons. The van der Waals surface area contributed by atoms with Gasteiger partial charge in [0.2, 0.25) is 6.79 Å². The molecule has 0 N–H and O–H groups in total. The van der Waals surface area contributed by atoms with E-state index in [1.165, 1.54) is 47.3 Å². The number of benzene rings is 2. The molecule has 1 unspecified atom stereocenters. The SMILES string of the molecule is CCCN1CCc2cccc3c2C1Cc1ccc2c(c1-3)OCO2.Cl. The molecule has 1 atom stereocenters. The first-order chi connectivity index (χ1) is 11.4. The third-order valence-electron chi connectivity index (χ3n) is 5.46. The molecule has 3 nitrogen and oxygen atoms in total. The van der Waals surface area contributed by atoms with Gasteiger partial charge in [-0.3, -0.25) is 4.90 Å². The molecular weight excluding hydrogens is 322 g/mol. The smallest absolute Gasteiger partial charge is 0.231 e. The number of rotatable bonds is 2. The Kier molecular flexibility index (Phi) is 3.93. The summed E-state index contributed by atoms with van der Waals surface area (Å²) in [6.07, 6.45) is 3.44. The Bertz CT molecular complexity index is 789. The Balaban J connectivity index is 0.00000146. The van der Waals surface area contributed by atoms with Gasteiger partial charge in [0.15, 0.2) is 11.5 Å². The highest BCUT2D eigenvalue weighted by Crippen LogP contribution is 2.52. The van der Waals surface area contributed by atoms with Crippen molar-refractivity contribution in [3.8, 4) is 22.6 Å². The fourth-order valence-corrected chi connectivity index (χ4v) is 4.52. The summed E-state index contributed by atoms with van der Waals surface area (Å²) in [5.74, 6) is 1.84. The molecule has 4 heteroatoms. The van der Waals surface area contributed by atoms with Crippen LogP contribution in [0.15, 0.2) is 30.3 Å². The van der Waals surface area contributed by atoms with Crippen molar-refractivity contribution >= 4 is 12.4 Å². The maximum atomic E-state index is 5.82. The number of hydrogen-bond donors (Lipinski definition) is 0. The summed E-state index contributed by atoms with van der Waals surface area (Å²) in [4.78, 5) is 2.67. The Morgan fingerprint density at radius 2 is 2.04 bits per heavy atom. The molecule has 2 heterocycles. The minimum atomic E-state index is 0. The molecule has 2 aromatic rings. The molecule has 1 aliphatic carbocycles. The lowest BCUT2D eigenvalue weighted by Gasteiger charge is -2.41. The third-order valence-corrected chi connectivity index (χ3v) is 5.46. The summed E-state index contributed by atoms with van der Waals surface area (Å²) in [7, 11) is 0. The molecule has 2 aromatic carbocycles. The van der Waals surface area contributed by atoms with E-state index in [-0.39, 0.29) is 12.4 Å².